The van der Waals surface area contributed by atoms with E-state index in [0.29, 0.717) is 22.8 Å². The Labute approximate surface area is 165 Å². The number of aromatic amines is 1. The molecule has 1 amide bonds. The normalized spacial score (nSPS) is 11.0. The third kappa shape index (κ3) is 4.43. The second kappa shape index (κ2) is 8.03. The van der Waals surface area contributed by atoms with Gasteiger partial charge in [0.05, 0.1) is 11.1 Å². The van der Waals surface area contributed by atoms with E-state index >= 15 is 0 Å². The Morgan fingerprint density at radius 3 is 2.23 bits per heavy atom. The number of hydrogen-bond donors (Lipinski definition) is 3. The molecular weight excluding hydrogens is 407 g/mol. The van der Waals surface area contributed by atoms with E-state index in [0.717, 1.165) is 16.6 Å². The average molecular weight is 419 g/mol. The molecule has 0 bridgehead atoms. The Bertz CT molecular complexity index is 1180. The zero-order valence-corrected chi connectivity index (χ0v) is 14.8. The number of para-hydroxylation sites is 1. The summed E-state index contributed by atoms with van der Waals surface area (Å²) in [7, 11) is 0. The van der Waals surface area contributed by atoms with E-state index in [1.807, 2.05) is 30.3 Å². The number of benzene rings is 2. The van der Waals surface area contributed by atoms with Crippen LogP contribution in [-0.4, -0.2) is 43.3 Å². The van der Waals surface area contributed by atoms with E-state index in [2.05, 4.69) is 20.2 Å². The van der Waals surface area contributed by atoms with Gasteiger partial charge in [-0.1, -0.05) is 18.2 Å². The molecule has 4 N–H and O–H groups in total. The van der Waals surface area contributed by atoms with Gasteiger partial charge >= 0.3 is 12.1 Å². The van der Waals surface area contributed by atoms with Gasteiger partial charge in [-0.25, -0.2) is 9.78 Å². The molecular formula is C18H12F3N5O4. The summed E-state index contributed by atoms with van der Waals surface area (Å²) in [5.74, 6) is -2.14. The van der Waals surface area contributed by atoms with E-state index in [9.17, 15) is 18.0 Å². The monoisotopic (exact) mass is 419 g/mol. The Morgan fingerprint density at radius 2 is 1.70 bits per heavy atom. The molecule has 0 saturated carbocycles. The summed E-state index contributed by atoms with van der Waals surface area (Å²) in [4.78, 5) is 28.1. The van der Waals surface area contributed by atoms with Gasteiger partial charge in [-0.3, -0.25) is 4.79 Å². The number of primary amides is 1. The Morgan fingerprint density at radius 1 is 1.07 bits per heavy atom. The number of nitrogens with zero attached hydrogens (tertiary/aromatic N) is 3. The van der Waals surface area contributed by atoms with Crippen LogP contribution in [0.25, 0.3) is 33.9 Å². The van der Waals surface area contributed by atoms with Crippen molar-refractivity contribution in [3.05, 3.63) is 54.4 Å². The van der Waals surface area contributed by atoms with Crippen molar-refractivity contribution >= 4 is 22.9 Å². The molecule has 2 heterocycles. The van der Waals surface area contributed by atoms with Crippen LogP contribution in [0.2, 0.25) is 0 Å². The van der Waals surface area contributed by atoms with Crippen LogP contribution in [0.5, 0.6) is 0 Å². The number of carbonyl (C=O) groups is 2. The lowest BCUT2D eigenvalue weighted by Gasteiger charge is -1.98. The minimum absolute atomic E-state index is 0.396. The highest BCUT2D eigenvalue weighted by molar-refractivity contribution is 6.04. The maximum atomic E-state index is 11.5. The molecule has 0 aliphatic carbocycles. The van der Waals surface area contributed by atoms with Crippen LogP contribution in [0, 0.1) is 0 Å². The van der Waals surface area contributed by atoms with Crippen molar-refractivity contribution < 1.29 is 32.3 Å². The number of aromatic nitrogens is 4. The first kappa shape index (κ1) is 20.5. The summed E-state index contributed by atoms with van der Waals surface area (Å²) >= 11 is 0. The zero-order chi connectivity index (χ0) is 21.9. The van der Waals surface area contributed by atoms with E-state index in [-0.39, 0.29) is 0 Å². The largest absolute Gasteiger partial charge is 0.490 e. The lowest BCUT2D eigenvalue weighted by molar-refractivity contribution is -0.192. The first-order chi connectivity index (χ1) is 14.2. The van der Waals surface area contributed by atoms with Gasteiger partial charge in [0.1, 0.15) is 11.3 Å². The third-order valence-electron chi connectivity index (χ3n) is 3.79. The number of rotatable bonds is 3. The van der Waals surface area contributed by atoms with Gasteiger partial charge in [-0.05, 0) is 24.3 Å². The van der Waals surface area contributed by atoms with Crippen molar-refractivity contribution in [2.45, 2.75) is 6.18 Å². The standard InChI is InChI=1S/C16H11N5O2.C2HF3O2/c17-14(22)11-2-1-3-12-13(11)20-15(19-12)9-4-6-10(7-5-9)16-21-18-8-23-16;3-2(4,5)1(6)7/h1-8H,(H2,17,22)(H,19,20);(H,6,7). The maximum Gasteiger partial charge on any atom is 0.490 e. The lowest BCUT2D eigenvalue weighted by Crippen LogP contribution is -2.21. The fraction of sp³-hybridized carbons (Fsp3) is 0.0556. The number of aliphatic carboxylic acids is 1. The zero-order valence-electron chi connectivity index (χ0n) is 14.8. The minimum Gasteiger partial charge on any atom is -0.475 e. The lowest BCUT2D eigenvalue weighted by atomic mass is 10.1. The van der Waals surface area contributed by atoms with E-state index in [4.69, 9.17) is 20.1 Å². The average Bonchev–Trinajstić information content (AvgIpc) is 3.37. The number of nitrogens with one attached hydrogen (secondary N) is 1. The number of alkyl halides is 3. The first-order valence-electron chi connectivity index (χ1n) is 8.12. The van der Waals surface area contributed by atoms with Crippen molar-refractivity contribution in [2.75, 3.05) is 0 Å². The summed E-state index contributed by atoms with van der Waals surface area (Å²) in [5, 5.41) is 14.6. The van der Waals surface area contributed by atoms with Gasteiger partial charge in [0.15, 0.2) is 0 Å². The molecule has 0 fully saturated rings. The fourth-order valence-electron chi connectivity index (χ4n) is 2.44. The molecule has 0 aliphatic rings. The molecule has 0 spiro atoms. The van der Waals surface area contributed by atoms with Crippen LogP contribution < -0.4 is 5.73 Å². The van der Waals surface area contributed by atoms with Crippen molar-refractivity contribution in [2.24, 2.45) is 5.73 Å². The number of carboxylic acid groups (broad SMARTS) is 1. The Balaban J connectivity index is 0.000000318. The number of halogens is 3. The van der Waals surface area contributed by atoms with Crippen LogP contribution in [0.3, 0.4) is 0 Å². The summed E-state index contributed by atoms with van der Waals surface area (Å²) < 4.78 is 36.9. The number of amides is 1. The molecule has 2 aromatic carbocycles. The predicted octanol–water partition coefficient (Wildman–Crippen LogP) is 3.01. The van der Waals surface area contributed by atoms with Gasteiger partial charge in [0.2, 0.25) is 12.3 Å². The van der Waals surface area contributed by atoms with Crippen LogP contribution in [0.1, 0.15) is 10.4 Å². The molecule has 0 radical (unpaired) electrons. The predicted molar refractivity (Wildman–Crippen MR) is 97.0 cm³/mol. The van der Waals surface area contributed by atoms with Gasteiger partial charge < -0.3 is 20.2 Å². The summed E-state index contributed by atoms with van der Waals surface area (Å²) in [6.07, 6.45) is -3.80. The summed E-state index contributed by atoms with van der Waals surface area (Å²) in [5.41, 5.74) is 8.80. The van der Waals surface area contributed by atoms with Crippen molar-refractivity contribution in [3.8, 4) is 22.8 Å². The Hall–Kier alpha value is -4.22. The number of carbonyl (C=O) groups excluding carboxylic acids is 1. The molecule has 2 aromatic heterocycles. The smallest absolute Gasteiger partial charge is 0.475 e. The number of carboxylic acids is 1. The molecule has 0 unspecified atom stereocenters. The van der Waals surface area contributed by atoms with E-state index in [1.54, 1.807) is 12.1 Å². The number of imidazole rings is 1. The highest BCUT2D eigenvalue weighted by atomic mass is 19.4. The molecule has 12 heteroatoms. The first-order valence-corrected chi connectivity index (χ1v) is 8.12. The molecule has 4 rings (SSSR count). The highest BCUT2D eigenvalue weighted by Gasteiger charge is 2.38. The van der Waals surface area contributed by atoms with Crippen LogP contribution >= 0.6 is 0 Å². The van der Waals surface area contributed by atoms with Gasteiger partial charge in [0.25, 0.3) is 5.91 Å². The van der Waals surface area contributed by atoms with Crippen LogP contribution in [0.4, 0.5) is 13.2 Å². The van der Waals surface area contributed by atoms with Gasteiger partial charge in [-0.15, -0.1) is 10.2 Å². The third-order valence-corrected chi connectivity index (χ3v) is 3.79. The van der Waals surface area contributed by atoms with E-state index in [1.165, 1.54) is 6.39 Å². The quantitative estimate of drug-likeness (QED) is 0.462. The fourth-order valence-corrected chi connectivity index (χ4v) is 2.44. The van der Waals surface area contributed by atoms with Crippen LogP contribution in [0.15, 0.2) is 53.3 Å². The number of nitrogens with two attached hydrogens (primary N) is 1. The van der Waals surface area contributed by atoms with Crippen molar-refractivity contribution in [1.29, 1.82) is 0 Å². The van der Waals surface area contributed by atoms with Crippen molar-refractivity contribution in [3.63, 3.8) is 0 Å². The maximum absolute atomic E-state index is 11.5. The molecule has 0 atom stereocenters. The van der Waals surface area contributed by atoms with Gasteiger partial charge in [-0.2, -0.15) is 13.2 Å². The summed E-state index contributed by atoms with van der Waals surface area (Å²) in [6, 6.07) is 12.8. The second-order valence-corrected chi connectivity index (χ2v) is 5.78. The van der Waals surface area contributed by atoms with Crippen molar-refractivity contribution in [1.82, 2.24) is 20.2 Å². The van der Waals surface area contributed by atoms with Gasteiger partial charge in [0, 0.05) is 11.1 Å². The van der Waals surface area contributed by atoms with Crippen LogP contribution in [-0.2, 0) is 4.79 Å². The topological polar surface area (TPSA) is 148 Å². The molecule has 4 aromatic rings. The SMILES string of the molecule is NC(=O)c1cccc2[nH]c(-c3ccc(-c4nnco4)cc3)nc12.O=C(O)C(F)(F)F. The number of H-pyrrole nitrogens is 1. The Kier molecular flexibility index (Phi) is 5.49. The molecule has 0 aliphatic heterocycles. The highest BCUT2D eigenvalue weighted by Crippen LogP contribution is 2.25. The number of fused-ring (bicyclic) bond motifs is 1. The second-order valence-electron chi connectivity index (χ2n) is 5.78. The molecule has 9 nitrogen and oxygen atoms in total. The minimum atomic E-state index is -5.08. The van der Waals surface area contributed by atoms with E-state index < -0.39 is 18.1 Å². The molecule has 154 valence electrons. The molecule has 30 heavy (non-hydrogen) atoms. The summed E-state index contributed by atoms with van der Waals surface area (Å²) in [6.45, 7) is 0. The number of hydrogen-bond acceptors (Lipinski definition) is 6. The molecule has 0 saturated heterocycles.